The maximum absolute atomic E-state index is 12.9. The van der Waals surface area contributed by atoms with Crippen LogP contribution in [-0.2, 0) is 11.2 Å². The minimum Gasteiger partial charge on any atom is -0.493 e. The molecule has 4 nitrogen and oxygen atoms in total. The summed E-state index contributed by atoms with van der Waals surface area (Å²) in [6.45, 7) is 0. The van der Waals surface area contributed by atoms with Gasteiger partial charge in [-0.25, -0.2) is 9.18 Å². The Kier molecular flexibility index (Phi) is 4.77. The highest BCUT2D eigenvalue weighted by Crippen LogP contribution is 2.27. The molecule has 0 bridgehead atoms. The van der Waals surface area contributed by atoms with Crippen LogP contribution in [-0.4, -0.2) is 24.3 Å². The molecule has 0 aliphatic heterocycles. The smallest absolute Gasteiger partial charge is 0.345 e. The summed E-state index contributed by atoms with van der Waals surface area (Å²) in [5, 5.41) is 9.27. The molecule has 0 amide bonds. The first kappa shape index (κ1) is 14.8. The fourth-order valence-corrected chi connectivity index (χ4v) is 1.88. The van der Waals surface area contributed by atoms with Crippen molar-refractivity contribution in [3.8, 4) is 11.5 Å². The molecule has 0 fully saturated rings. The molecule has 2 aromatic carbocycles. The average Bonchev–Trinajstić information content (AvgIpc) is 2.49. The van der Waals surface area contributed by atoms with E-state index in [0.29, 0.717) is 17.1 Å². The molecule has 5 heteroatoms. The lowest BCUT2D eigenvalue weighted by molar-refractivity contribution is -0.145. The van der Waals surface area contributed by atoms with Crippen molar-refractivity contribution >= 4 is 5.97 Å². The Hall–Kier alpha value is -2.56. The molecule has 1 N–H and O–H groups in total. The normalized spacial score (nSPS) is 11.7. The van der Waals surface area contributed by atoms with Crippen molar-refractivity contribution < 1.29 is 23.8 Å². The van der Waals surface area contributed by atoms with E-state index in [1.807, 2.05) is 0 Å². The van der Waals surface area contributed by atoms with Crippen LogP contribution in [0.1, 0.15) is 5.56 Å². The van der Waals surface area contributed by atoms with Gasteiger partial charge in [0.15, 0.2) is 17.6 Å². The van der Waals surface area contributed by atoms with Gasteiger partial charge in [-0.15, -0.1) is 0 Å². The molecule has 0 aliphatic carbocycles. The minimum absolute atomic E-state index is 0.133. The molecule has 0 saturated heterocycles. The first-order chi connectivity index (χ1) is 10.1. The number of aliphatic carboxylic acids is 1. The molecule has 0 unspecified atom stereocenters. The molecule has 0 saturated carbocycles. The molecule has 2 rings (SSSR count). The Morgan fingerprint density at radius 3 is 2.33 bits per heavy atom. The van der Waals surface area contributed by atoms with Crippen LogP contribution in [0.4, 0.5) is 4.39 Å². The largest absolute Gasteiger partial charge is 0.493 e. The number of benzene rings is 2. The number of halogens is 1. The zero-order valence-electron chi connectivity index (χ0n) is 11.5. The van der Waals surface area contributed by atoms with Gasteiger partial charge >= 0.3 is 5.97 Å². The number of rotatable bonds is 6. The number of carboxylic acids is 1. The Morgan fingerprint density at radius 2 is 1.76 bits per heavy atom. The number of methoxy groups -OCH3 is 1. The number of ether oxygens (including phenoxy) is 2. The molecule has 110 valence electrons. The van der Waals surface area contributed by atoms with Crippen LogP contribution in [0.15, 0.2) is 48.5 Å². The van der Waals surface area contributed by atoms with E-state index >= 15 is 0 Å². The van der Waals surface area contributed by atoms with Gasteiger partial charge in [0, 0.05) is 6.42 Å². The lowest BCUT2D eigenvalue weighted by Crippen LogP contribution is -2.29. The maximum atomic E-state index is 12.9. The molecule has 0 aliphatic rings. The summed E-state index contributed by atoms with van der Waals surface area (Å²) >= 11 is 0. The minimum atomic E-state index is -1.09. The van der Waals surface area contributed by atoms with Crippen molar-refractivity contribution in [1.29, 1.82) is 0 Å². The summed E-state index contributed by atoms with van der Waals surface area (Å²) < 4.78 is 23.5. The second-order valence-corrected chi connectivity index (χ2v) is 4.43. The van der Waals surface area contributed by atoms with Gasteiger partial charge in [0.05, 0.1) is 7.11 Å². The third-order valence-electron chi connectivity index (χ3n) is 2.95. The van der Waals surface area contributed by atoms with Crippen LogP contribution < -0.4 is 9.47 Å². The van der Waals surface area contributed by atoms with Crippen LogP contribution >= 0.6 is 0 Å². The molecule has 1 atom stereocenters. The Balaban J connectivity index is 2.16. The van der Waals surface area contributed by atoms with E-state index in [4.69, 9.17) is 9.47 Å². The second kappa shape index (κ2) is 6.74. The summed E-state index contributed by atoms with van der Waals surface area (Å²) in [5.74, 6) is -0.640. The fraction of sp³-hybridized carbons (Fsp3) is 0.188. The van der Waals surface area contributed by atoms with Crippen molar-refractivity contribution in [2.45, 2.75) is 12.5 Å². The predicted molar refractivity (Wildman–Crippen MR) is 75.1 cm³/mol. The molecule has 21 heavy (non-hydrogen) atoms. The lowest BCUT2D eigenvalue weighted by atomic mass is 10.1. The molecular formula is C16H15FO4. The highest BCUT2D eigenvalue weighted by molar-refractivity contribution is 5.73. The van der Waals surface area contributed by atoms with Gasteiger partial charge in [-0.1, -0.05) is 24.3 Å². The van der Waals surface area contributed by atoms with Gasteiger partial charge < -0.3 is 14.6 Å². The topological polar surface area (TPSA) is 55.8 Å². The van der Waals surface area contributed by atoms with Crippen LogP contribution in [0.5, 0.6) is 11.5 Å². The number of hydrogen-bond donors (Lipinski definition) is 1. The predicted octanol–water partition coefficient (Wildman–Crippen LogP) is 2.91. The zero-order chi connectivity index (χ0) is 15.2. The second-order valence-electron chi connectivity index (χ2n) is 4.43. The first-order valence-electron chi connectivity index (χ1n) is 6.37. The number of carbonyl (C=O) groups is 1. The van der Waals surface area contributed by atoms with Crippen molar-refractivity contribution in [3.63, 3.8) is 0 Å². The molecule has 2 aromatic rings. The van der Waals surface area contributed by atoms with E-state index in [9.17, 15) is 14.3 Å². The summed E-state index contributed by atoms with van der Waals surface area (Å²) in [6.07, 6.45) is -0.944. The average molecular weight is 290 g/mol. The van der Waals surface area contributed by atoms with Gasteiger partial charge in [0.25, 0.3) is 0 Å². The van der Waals surface area contributed by atoms with E-state index in [2.05, 4.69) is 0 Å². The zero-order valence-corrected chi connectivity index (χ0v) is 11.5. The molecule has 0 aromatic heterocycles. The summed E-state index contributed by atoms with van der Waals surface area (Å²) in [6, 6.07) is 12.5. The van der Waals surface area contributed by atoms with Gasteiger partial charge in [-0.3, -0.25) is 0 Å². The highest BCUT2D eigenvalue weighted by atomic mass is 19.1. The van der Waals surface area contributed by atoms with Crippen molar-refractivity contribution in [1.82, 2.24) is 0 Å². The summed E-state index contributed by atoms with van der Waals surface area (Å²) in [5.41, 5.74) is 0.679. The van der Waals surface area contributed by atoms with Gasteiger partial charge in [0.1, 0.15) is 5.82 Å². The summed E-state index contributed by atoms with van der Waals surface area (Å²) in [4.78, 5) is 11.3. The van der Waals surface area contributed by atoms with Crippen molar-refractivity contribution in [2.75, 3.05) is 7.11 Å². The van der Waals surface area contributed by atoms with Crippen molar-refractivity contribution in [3.05, 3.63) is 59.9 Å². The quantitative estimate of drug-likeness (QED) is 0.888. The van der Waals surface area contributed by atoms with Crippen LogP contribution in [0.25, 0.3) is 0 Å². The van der Waals surface area contributed by atoms with Gasteiger partial charge in [0.2, 0.25) is 0 Å². The van der Waals surface area contributed by atoms with E-state index in [1.165, 1.54) is 31.4 Å². The highest BCUT2D eigenvalue weighted by Gasteiger charge is 2.21. The van der Waals surface area contributed by atoms with E-state index in [0.717, 1.165) is 0 Å². The third-order valence-corrected chi connectivity index (χ3v) is 2.95. The Labute approximate surface area is 121 Å². The number of para-hydroxylation sites is 2. The molecular weight excluding hydrogens is 275 g/mol. The number of hydrogen-bond acceptors (Lipinski definition) is 3. The van der Waals surface area contributed by atoms with E-state index in [1.54, 1.807) is 24.3 Å². The molecule has 0 heterocycles. The standard InChI is InChI=1S/C16H15FO4/c1-20-13-4-2-3-5-14(13)21-15(16(18)19)10-11-6-8-12(17)9-7-11/h2-9,15H,10H2,1H3,(H,18,19)/t15-/m1/s1. The van der Waals surface area contributed by atoms with Crippen molar-refractivity contribution in [2.24, 2.45) is 0 Å². The summed E-state index contributed by atoms with van der Waals surface area (Å²) in [7, 11) is 1.48. The molecule has 0 spiro atoms. The lowest BCUT2D eigenvalue weighted by Gasteiger charge is -2.17. The maximum Gasteiger partial charge on any atom is 0.345 e. The van der Waals surface area contributed by atoms with Crippen LogP contribution in [0.2, 0.25) is 0 Å². The van der Waals surface area contributed by atoms with Crippen LogP contribution in [0, 0.1) is 5.82 Å². The molecule has 0 radical (unpaired) electrons. The Bertz CT molecular complexity index is 610. The van der Waals surface area contributed by atoms with Crippen LogP contribution in [0.3, 0.4) is 0 Å². The van der Waals surface area contributed by atoms with E-state index < -0.39 is 12.1 Å². The van der Waals surface area contributed by atoms with Gasteiger partial charge in [-0.2, -0.15) is 0 Å². The SMILES string of the molecule is COc1ccccc1O[C@H](Cc1ccc(F)cc1)C(=O)O. The fourth-order valence-electron chi connectivity index (χ4n) is 1.88. The number of carboxylic acid groups (broad SMARTS) is 1. The first-order valence-corrected chi connectivity index (χ1v) is 6.37. The Morgan fingerprint density at radius 1 is 1.14 bits per heavy atom. The third kappa shape index (κ3) is 3.95. The monoisotopic (exact) mass is 290 g/mol. The van der Waals surface area contributed by atoms with Gasteiger partial charge in [-0.05, 0) is 29.8 Å². The van der Waals surface area contributed by atoms with E-state index in [-0.39, 0.29) is 12.2 Å².